The third-order valence-electron chi connectivity index (χ3n) is 3.74. The third kappa shape index (κ3) is 5.46. The van der Waals surface area contributed by atoms with Crippen LogP contribution in [-0.4, -0.2) is 38.6 Å². The molecule has 3 rings (SSSR count). The van der Waals surface area contributed by atoms with Gasteiger partial charge in [-0.1, -0.05) is 19.9 Å². The molecule has 3 heterocycles. The number of amides is 1. The van der Waals surface area contributed by atoms with E-state index < -0.39 is 6.10 Å². The van der Waals surface area contributed by atoms with Gasteiger partial charge in [-0.3, -0.25) is 9.78 Å². The molecule has 150 valence electrons. The Hall–Kier alpha value is -2.58. The molecule has 0 radical (unpaired) electrons. The number of pyridine rings is 1. The fourth-order valence-electron chi connectivity index (χ4n) is 2.49. The van der Waals surface area contributed by atoms with Gasteiger partial charge in [0.1, 0.15) is 0 Å². The third-order valence-corrected chi connectivity index (χ3v) is 4.79. The number of carbonyl (C=O) groups excluding carboxylic acids is 1. The molecule has 8 heteroatoms. The Labute approximate surface area is 169 Å². The Morgan fingerprint density at radius 1 is 1.25 bits per heavy atom. The number of anilines is 1. The van der Waals surface area contributed by atoms with Crippen LogP contribution in [0.5, 0.6) is 0 Å². The number of hydrogen-bond donors (Lipinski definition) is 3. The van der Waals surface area contributed by atoms with Crippen molar-refractivity contribution in [3.8, 4) is 0 Å². The monoisotopic (exact) mass is 401 g/mol. The van der Waals surface area contributed by atoms with Crippen molar-refractivity contribution in [2.75, 3.05) is 11.9 Å². The molecule has 0 aliphatic carbocycles. The molecule has 0 saturated carbocycles. The fourth-order valence-corrected chi connectivity index (χ4v) is 3.43. The first kappa shape index (κ1) is 21.7. The summed E-state index contributed by atoms with van der Waals surface area (Å²) in [5, 5.41) is 15.3. The van der Waals surface area contributed by atoms with Crippen molar-refractivity contribution < 1.29 is 9.90 Å². The van der Waals surface area contributed by atoms with E-state index in [1.807, 2.05) is 52.0 Å². The van der Waals surface area contributed by atoms with Gasteiger partial charge in [-0.15, -0.1) is 11.3 Å². The predicted octanol–water partition coefficient (Wildman–Crippen LogP) is 3.70. The molecular formula is C20H27N5O2S. The zero-order chi connectivity index (χ0) is 20.7. The molecule has 0 unspecified atom stereocenters. The van der Waals surface area contributed by atoms with Gasteiger partial charge in [-0.25, -0.2) is 9.97 Å². The maximum Gasteiger partial charge on any atom is 0.271 e. The Kier molecular flexibility index (Phi) is 7.83. The van der Waals surface area contributed by atoms with Crippen LogP contribution in [0.15, 0.2) is 30.5 Å². The second-order valence-electron chi connectivity index (χ2n) is 6.15. The molecule has 0 aliphatic rings. The van der Waals surface area contributed by atoms with Crippen LogP contribution in [-0.2, 0) is 0 Å². The molecule has 0 fully saturated rings. The molecule has 0 saturated heterocycles. The van der Waals surface area contributed by atoms with Gasteiger partial charge >= 0.3 is 0 Å². The Bertz CT molecular complexity index is 912. The number of aromatic nitrogens is 3. The highest BCUT2D eigenvalue weighted by molar-refractivity contribution is 7.19. The van der Waals surface area contributed by atoms with Gasteiger partial charge in [-0.2, -0.15) is 0 Å². The molecule has 0 aromatic carbocycles. The van der Waals surface area contributed by atoms with E-state index in [0.717, 1.165) is 20.8 Å². The highest BCUT2D eigenvalue weighted by atomic mass is 32.1. The molecule has 2 atom stereocenters. The second-order valence-corrected chi connectivity index (χ2v) is 7.40. The van der Waals surface area contributed by atoms with Gasteiger partial charge in [0.15, 0.2) is 5.69 Å². The van der Waals surface area contributed by atoms with Crippen LogP contribution in [0.25, 0.3) is 10.2 Å². The summed E-state index contributed by atoms with van der Waals surface area (Å²) in [5.41, 5.74) is 1.89. The summed E-state index contributed by atoms with van der Waals surface area (Å²) in [7, 11) is 0. The number of rotatable bonds is 6. The van der Waals surface area contributed by atoms with Crippen LogP contribution in [0, 0.1) is 6.92 Å². The van der Waals surface area contributed by atoms with Crippen molar-refractivity contribution >= 4 is 33.4 Å². The summed E-state index contributed by atoms with van der Waals surface area (Å²) >= 11 is 1.48. The van der Waals surface area contributed by atoms with Gasteiger partial charge in [0.25, 0.3) is 5.91 Å². The minimum atomic E-state index is -0.622. The Morgan fingerprint density at radius 2 is 2.00 bits per heavy atom. The van der Waals surface area contributed by atoms with Crippen molar-refractivity contribution in [3.05, 3.63) is 46.7 Å². The Morgan fingerprint density at radius 3 is 2.64 bits per heavy atom. The number of thiophene rings is 1. The van der Waals surface area contributed by atoms with Crippen LogP contribution in [0.4, 0.5) is 5.95 Å². The average Bonchev–Trinajstić information content (AvgIpc) is 3.07. The van der Waals surface area contributed by atoms with E-state index in [4.69, 9.17) is 0 Å². The second kappa shape index (κ2) is 10.1. The number of aliphatic hydroxyl groups is 1. The molecule has 0 bridgehead atoms. The summed E-state index contributed by atoms with van der Waals surface area (Å²) in [5.74, 6) is 0.0457. The molecule has 3 N–H and O–H groups in total. The van der Waals surface area contributed by atoms with Crippen LogP contribution < -0.4 is 10.6 Å². The van der Waals surface area contributed by atoms with E-state index in [1.54, 1.807) is 13.1 Å². The van der Waals surface area contributed by atoms with Crippen molar-refractivity contribution in [2.24, 2.45) is 0 Å². The molecule has 0 aliphatic heterocycles. The smallest absolute Gasteiger partial charge is 0.271 e. The minimum absolute atomic E-state index is 0.109. The lowest BCUT2D eigenvalue weighted by atomic mass is 10.2. The average molecular weight is 402 g/mol. The summed E-state index contributed by atoms with van der Waals surface area (Å²) in [6.07, 6.45) is 1.11. The van der Waals surface area contributed by atoms with Gasteiger partial charge in [-0.05, 0) is 39.0 Å². The minimum Gasteiger partial charge on any atom is -0.392 e. The normalized spacial score (nSPS) is 12.6. The summed E-state index contributed by atoms with van der Waals surface area (Å²) < 4.78 is 0.738. The number of aliphatic hydroxyl groups excluding tert-OH is 1. The highest BCUT2D eigenvalue weighted by Gasteiger charge is 2.18. The van der Waals surface area contributed by atoms with Crippen molar-refractivity contribution in [2.45, 2.75) is 46.8 Å². The zero-order valence-electron chi connectivity index (χ0n) is 16.9. The zero-order valence-corrected chi connectivity index (χ0v) is 17.7. The topological polar surface area (TPSA) is 100 Å². The number of hydrogen-bond acceptors (Lipinski definition) is 7. The molecule has 28 heavy (non-hydrogen) atoms. The fraction of sp³-hybridized carbons (Fsp3) is 0.400. The van der Waals surface area contributed by atoms with E-state index in [0.29, 0.717) is 11.6 Å². The van der Waals surface area contributed by atoms with E-state index in [1.165, 1.54) is 11.3 Å². The summed E-state index contributed by atoms with van der Waals surface area (Å²) in [6, 6.07) is 7.52. The first-order chi connectivity index (χ1) is 13.4. The summed E-state index contributed by atoms with van der Waals surface area (Å²) in [6.45, 7) is 9.71. The Balaban J connectivity index is 0.00000136. The first-order valence-electron chi connectivity index (χ1n) is 9.36. The SMILES string of the molecule is CC.Cc1cc2nc(N[C@@H](C)c3ccccn3)nc(C(=O)NC[C@H](C)O)c2s1. The maximum absolute atomic E-state index is 12.5. The van der Waals surface area contributed by atoms with Gasteiger partial charge < -0.3 is 15.7 Å². The van der Waals surface area contributed by atoms with Crippen LogP contribution in [0.3, 0.4) is 0 Å². The van der Waals surface area contributed by atoms with Crippen LogP contribution in [0.1, 0.15) is 54.8 Å². The van der Waals surface area contributed by atoms with Gasteiger partial charge in [0, 0.05) is 17.6 Å². The standard InChI is InChI=1S/C18H21N5O2S.C2H6/c1-10(24)9-20-17(25)15-16-14(8-11(2)26-16)22-18(23-15)21-12(3)13-6-4-5-7-19-13;1-2/h4-8,10,12,24H,9H2,1-3H3,(H,20,25)(H,21,22,23);1-2H3/t10-,12-;/m0./s1. The van der Waals surface area contributed by atoms with E-state index >= 15 is 0 Å². The number of nitrogens with one attached hydrogen (secondary N) is 2. The number of aryl methyl sites for hydroxylation is 1. The first-order valence-corrected chi connectivity index (χ1v) is 10.2. The van der Waals surface area contributed by atoms with Crippen molar-refractivity contribution in [3.63, 3.8) is 0 Å². The van der Waals surface area contributed by atoms with Crippen LogP contribution >= 0.6 is 11.3 Å². The molecule has 0 spiro atoms. The number of carbonyl (C=O) groups is 1. The molecular weight excluding hydrogens is 374 g/mol. The molecule has 3 aromatic rings. The number of nitrogens with zero attached hydrogens (tertiary/aromatic N) is 3. The lowest BCUT2D eigenvalue weighted by molar-refractivity contribution is 0.0921. The number of fused-ring (bicyclic) bond motifs is 1. The van der Waals surface area contributed by atoms with Gasteiger partial charge in [0.2, 0.25) is 5.95 Å². The quantitative estimate of drug-likeness (QED) is 0.582. The molecule has 7 nitrogen and oxygen atoms in total. The van der Waals surface area contributed by atoms with Crippen molar-refractivity contribution in [1.82, 2.24) is 20.3 Å². The predicted molar refractivity (Wildman–Crippen MR) is 114 cm³/mol. The van der Waals surface area contributed by atoms with E-state index in [2.05, 4.69) is 25.6 Å². The lowest BCUT2D eigenvalue weighted by Crippen LogP contribution is -2.31. The van der Waals surface area contributed by atoms with Crippen LogP contribution in [0.2, 0.25) is 0 Å². The van der Waals surface area contributed by atoms with E-state index in [-0.39, 0.29) is 18.5 Å². The van der Waals surface area contributed by atoms with Crippen molar-refractivity contribution in [1.29, 1.82) is 0 Å². The molecule has 1 amide bonds. The van der Waals surface area contributed by atoms with Gasteiger partial charge in [0.05, 0.1) is 28.1 Å². The van der Waals surface area contributed by atoms with E-state index in [9.17, 15) is 9.90 Å². The largest absolute Gasteiger partial charge is 0.392 e. The maximum atomic E-state index is 12.5. The highest BCUT2D eigenvalue weighted by Crippen LogP contribution is 2.28. The summed E-state index contributed by atoms with van der Waals surface area (Å²) in [4.78, 5) is 26.9. The lowest BCUT2D eigenvalue weighted by Gasteiger charge is -2.14. The molecule has 3 aromatic heterocycles.